The predicted octanol–water partition coefficient (Wildman–Crippen LogP) is 2.71. The number of alkyl halides is 2. The second-order valence-corrected chi connectivity index (χ2v) is 5.02. The molecular formula is C17H21F2N5O. The van der Waals surface area contributed by atoms with Crippen LogP contribution in [0, 0.1) is 0 Å². The first-order valence-corrected chi connectivity index (χ1v) is 7.71. The summed E-state index contributed by atoms with van der Waals surface area (Å²) >= 11 is 0. The van der Waals surface area contributed by atoms with Crippen molar-refractivity contribution in [2.24, 2.45) is 4.99 Å². The molecule has 0 aliphatic carbocycles. The van der Waals surface area contributed by atoms with Gasteiger partial charge in [-0.1, -0.05) is 30.9 Å². The van der Waals surface area contributed by atoms with Crippen molar-refractivity contribution in [1.82, 2.24) is 20.2 Å². The molecule has 1 heterocycles. The highest BCUT2D eigenvalue weighted by atomic mass is 19.3. The molecule has 134 valence electrons. The largest absolute Gasteiger partial charge is 0.489 e. The Balaban J connectivity index is 1.93. The second kappa shape index (κ2) is 9.41. The van der Waals surface area contributed by atoms with Crippen LogP contribution in [0.15, 0.2) is 54.3 Å². The number of para-hydroxylation sites is 1. The number of imidazole rings is 1. The third-order valence-electron chi connectivity index (χ3n) is 3.37. The minimum Gasteiger partial charge on any atom is -0.489 e. The van der Waals surface area contributed by atoms with E-state index in [1.165, 1.54) is 12.4 Å². The number of hydrogen-bond acceptors (Lipinski definition) is 3. The topological polar surface area (TPSA) is 63.5 Å². The number of guanidine groups is 1. The maximum atomic E-state index is 12.8. The summed E-state index contributed by atoms with van der Waals surface area (Å²) < 4.78 is 32.0. The predicted molar refractivity (Wildman–Crippen MR) is 92.7 cm³/mol. The maximum Gasteiger partial charge on any atom is 0.319 e. The van der Waals surface area contributed by atoms with Crippen LogP contribution in [-0.4, -0.2) is 29.2 Å². The van der Waals surface area contributed by atoms with Crippen molar-refractivity contribution in [1.29, 1.82) is 0 Å². The zero-order valence-electron chi connectivity index (χ0n) is 14.0. The molecule has 0 bridgehead atoms. The normalized spacial score (nSPS) is 11.4. The molecule has 0 aliphatic heterocycles. The van der Waals surface area contributed by atoms with E-state index >= 15 is 0 Å². The minimum absolute atomic E-state index is 0.131. The molecule has 1 aromatic heterocycles. The summed E-state index contributed by atoms with van der Waals surface area (Å²) in [5.41, 5.74) is 0.946. The fourth-order valence-corrected chi connectivity index (χ4v) is 2.16. The van der Waals surface area contributed by atoms with Crippen molar-refractivity contribution >= 4 is 5.96 Å². The molecule has 0 aliphatic rings. The van der Waals surface area contributed by atoms with Crippen molar-refractivity contribution in [3.63, 3.8) is 0 Å². The molecule has 0 saturated carbocycles. The van der Waals surface area contributed by atoms with Crippen LogP contribution in [0.4, 0.5) is 8.78 Å². The van der Waals surface area contributed by atoms with Gasteiger partial charge in [-0.2, -0.15) is 8.78 Å². The number of ether oxygens (including phenoxy) is 1. The Hall–Kier alpha value is -2.90. The molecule has 1 aromatic carbocycles. The molecule has 8 heteroatoms. The van der Waals surface area contributed by atoms with E-state index < -0.39 is 6.55 Å². The lowest BCUT2D eigenvalue weighted by atomic mass is 10.2. The van der Waals surface area contributed by atoms with Gasteiger partial charge in [-0.05, 0) is 6.07 Å². The molecule has 0 saturated heterocycles. The van der Waals surface area contributed by atoms with Gasteiger partial charge in [-0.25, -0.2) is 4.98 Å². The van der Waals surface area contributed by atoms with Gasteiger partial charge in [-0.15, -0.1) is 0 Å². The van der Waals surface area contributed by atoms with E-state index in [4.69, 9.17) is 4.74 Å². The van der Waals surface area contributed by atoms with Crippen LogP contribution in [-0.2, 0) is 13.1 Å². The van der Waals surface area contributed by atoms with E-state index in [9.17, 15) is 8.78 Å². The summed E-state index contributed by atoms with van der Waals surface area (Å²) in [4.78, 5) is 8.00. The number of rotatable bonds is 8. The van der Waals surface area contributed by atoms with E-state index in [0.29, 0.717) is 19.1 Å². The summed E-state index contributed by atoms with van der Waals surface area (Å²) in [5.74, 6) is 1.45. The number of nitrogens with zero attached hydrogens (tertiary/aromatic N) is 3. The SMILES string of the molecule is C=CCOc1ccccc1CNC(=NC)NCc1nccn1C(F)F. The van der Waals surface area contributed by atoms with Crippen molar-refractivity contribution in [3.8, 4) is 5.75 Å². The first-order valence-electron chi connectivity index (χ1n) is 7.71. The van der Waals surface area contributed by atoms with Crippen LogP contribution in [0.25, 0.3) is 0 Å². The van der Waals surface area contributed by atoms with Gasteiger partial charge in [0, 0.05) is 31.5 Å². The van der Waals surface area contributed by atoms with E-state index in [1.54, 1.807) is 13.1 Å². The summed E-state index contributed by atoms with van der Waals surface area (Å²) in [7, 11) is 1.61. The van der Waals surface area contributed by atoms with Gasteiger partial charge in [0.1, 0.15) is 18.2 Å². The molecule has 0 radical (unpaired) electrons. The lowest BCUT2D eigenvalue weighted by Crippen LogP contribution is -2.37. The highest BCUT2D eigenvalue weighted by Crippen LogP contribution is 2.17. The number of halogens is 2. The minimum atomic E-state index is -2.62. The standard InChI is InChI=1S/C17H21F2N5O/c1-3-10-25-14-7-5-4-6-13(14)11-22-17(20-2)23-12-15-21-8-9-24(15)16(18)19/h3-9,16H,1,10-12H2,2H3,(H2,20,22,23). The van der Waals surface area contributed by atoms with Gasteiger partial charge < -0.3 is 15.4 Å². The molecule has 0 unspecified atom stereocenters. The maximum absolute atomic E-state index is 12.8. The smallest absolute Gasteiger partial charge is 0.319 e. The number of aliphatic imine (C=N–C) groups is 1. The second-order valence-electron chi connectivity index (χ2n) is 5.02. The lowest BCUT2D eigenvalue weighted by Gasteiger charge is -2.14. The van der Waals surface area contributed by atoms with Crippen molar-refractivity contribution in [3.05, 3.63) is 60.7 Å². The Morgan fingerprint density at radius 1 is 1.36 bits per heavy atom. The number of benzene rings is 1. The quantitative estimate of drug-likeness (QED) is 0.437. The van der Waals surface area contributed by atoms with Crippen LogP contribution in [0.2, 0.25) is 0 Å². The molecule has 0 fully saturated rings. The lowest BCUT2D eigenvalue weighted by molar-refractivity contribution is 0.0668. The highest BCUT2D eigenvalue weighted by Gasteiger charge is 2.11. The summed E-state index contributed by atoms with van der Waals surface area (Å²) in [6.07, 6.45) is 4.26. The fourth-order valence-electron chi connectivity index (χ4n) is 2.16. The average Bonchev–Trinajstić information content (AvgIpc) is 3.09. The van der Waals surface area contributed by atoms with E-state index in [2.05, 4.69) is 27.2 Å². The fraction of sp³-hybridized carbons (Fsp3) is 0.294. The zero-order valence-corrected chi connectivity index (χ0v) is 14.0. The molecule has 0 atom stereocenters. The average molecular weight is 349 g/mol. The molecule has 0 spiro atoms. The highest BCUT2D eigenvalue weighted by molar-refractivity contribution is 5.79. The molecule has 2 N–H and O–H groups in total. The number of aromatic nitrogens is 2. The van der Waals surface area contributed by atoms with Gasteiger partial charge in [0.2, 0.25) is 0 Å². The first kappa shape index (κ1) is 18.4. The summed E-state index contributed by atoms with van der Waals surface area (Å²) in [5, 5.41) is 6.09. The molecule has 6 nitrogen and oxygen atoms in total. The van der Waals surface area contributed by atoms with Crippen molar-refractivity contribution in [2.45, 2.75) is 19.6 Å². The molecule has 0 amide bonds. The van der Waals surface area contributed by atoms with E-state index in [0.717, 1.165) is 15.9 Å². The van der Waals surface area contributed by atoms with Crippen LogP contribution >= 0.6 is 0 Å². The van der Waals surface area contributed by atoms with Crippen molar-refractivity contribution < 1.29 is 13.5 Å². The van der Waals surface area contributed by atoms with E-state index in [1.807, 2.05) is 24.3 Å². The molecule has 2 rings (SSSR count). The summed E-state index contributed by atoms with van der Waals surface area (Å²) in [6, 6.07) is 7.60. The number of nitrogens with one attached hydrogen (secondary N) is 2. The Labute approximate surface area is 145 Å². The molecular weight excluding hydrogens is 328 g/mol. The Kier molecular flexibility index (Phi) is 6.94. The van der Waals surface area contributed by atoms with Gasteiger partial charge in [0.25, 0.3) is 0 Å². The van der Waals surface area contributed by atoms with E-state index in [-0.39, 0.29) is 12.4 Å². The third kappa shape index (κ3) is 5.30. The van der Waals surface area contributed by atoms with Crippen LogP contribution < -0.4 is 15.4 Å². The van der Waals surface area contributed by atoms with Gasteiger partial charge in [0.05, 0.1) is 6.54 Å². The molecule has 2 aromatic rings. The van der Waals surface area contributed by atoms with Crippen LogP contribution in [0.3, 0.4) is 0 Å². The van der Waals surface area contributed by atoms with Gasteiger partial charge in [-0.3, -0.25) is 9.56 Å². The first-order chi connectivity index (χ1) is 12.2. The summed E-state index contributed by atoms with van der Waals surface area (Å²) in [6.45, 7) is 2.02. The van der Waals surface area contributed by atoms with Crippen LogP contribution in [0.1, 0.15) is 17.9 Å². The van der Waals surface area contributed by atoms with Crippen LogP contribution in [0.5, 0.6) is 5.75 Å². The molecule has 25 heavy (non-hydrogen) atoms. The monoisotopic (exact) mass is 349 g/mol. The third-order valence-corrected chi connectivity index (χ3v) is 3.37. The van der Waals surface area contributed by atoms with Gasteiger partial charge >= 0.3 is 6.55 Å². The van der Waals surface area contributed by atoms with Gasteiger partial charge in [0.15, 0.2) is 5.96 Å². The Morgan fingerprint density at radius 2 is 2.12 bits per heavy atom. The Bertz CT molecular complexity index is 715. The van der Waals surface area contributed by atoms with Crippen molar-refractivity contribution in [2.75, 3.05) is 13.7 Å². The Morgan fingerprint density at radius 3 is 2.84 bits per heavy atom. The zero-order chi connectivity index (χ0) is 18.1. The number of hydrogen-bond donors (Lipinski definition) is 2.